The number of benzene rings is 1. The molecule has 2 N–H and O–H groups in total. The van der Waals surface area contributed by atoms with Gasteiger partial charge in [0.1, 0.15) is 0 Å². The Labute approximate surface area is 86.7 Å². The molecule has 74 valence electrons. The summed E-state index contributed by atoms with van der Waals surface area (Å²) in [4.78, 5) is 0. The van der Waals surface area contributed by atoms with Crippen molar-refractivity contribution < 1.29 is 0 Å². The summed E-state index contributed by atoms with van der Waals surface area (Å²) in [5.41, 5.74) is 7.16. The lowest BCUT2D eigenvalue weighted by Crippen LogP contribution is -2.25. The third-order valence-corrected chi connectivity index (χ3v) is 2.30. The van der Waals surface area contributed by atoms with E-state index in [-0.39, 0.29) is 18.4 Å². The first-order chi connectivity index (χ1) is 5.70. The van der Waals surface area contributed by atoms with Crippen LogP contribution in [0.25, 0.3) is 0 Å². The second-order valence-corrected chi connectivity index (χ2v) is 3.53. The van der Waals surface area contributed by atoms with Crippen LogP contribution >= 0.6 is 12.4 Å². The summed E-state index contributed by atoms with van der Waals surface area (Å²) in [6.45, 7) is 4.26. The lowest BCUT2D eigenvalue weighted by atomic mass is 9.96. The fourth-order valence-corrected chi connectivity index (χ4v) is 1.17. The molecule has 0 aliphatic carbocycles. The Morgan fingerprint density at radius 1 is 1.15 bits per heavy atom. The van der Waals surface area contributed by atoms with Crippen LogP contribution in [-0.4, -0.2) is 6.04 Å². The largest absolute Gasteiger partial charge is 0.328 e. The minimum Gasteiger partial charge on any atom is -0.328 e. The highest BCUT2D eigenvalue weighted by Crippen LogP contribution is 2.09. The van der Waals surface area contributed by atoms with Crippen LogP contribution in [0.15, 0.2) is 30.3 Å². The highest BCUT2D eigenvalue weighted by Gasteiger charge is 2.07. The van der Waals surface area contributed by atoms with Crippen LogP contribution in [0.4, 0.5) is 0 Å². The van der Waals surface area contributed by atoms with Gasteiger partial charge < -0.3 is 5.73 Å². The molecule has 13 heavy (non-hydrogen) atoms. The van der Waals surface area contributed by atoms with Crippen LogP contribution < -0.4 is 5.73 Å². The van der Waals surface area contributed by atoms with E-state index in [2.05, 4.69) is 38.1 Å². The van der Waals surface area contributed by atoms with E-state index in [0.29, 0.717) is 5.92 Å². The first kappa shape index (κ1) is 12.5. The lowest BCUT2D eigenvalue weighted by Gasteiger charge is -2.14. The molecular weight excluding hydrogens is 182 g/mol. The second-order valence-electron chi connectivity index (χ2n) is 3.53. The Morgan fingerprint density at radius 2 is 1.69 bits per heavy atom. The van der Waals surface area contributed by atoms with Gasteiger partial charge in [0.15, 0.2) is 0 Å². The van der Waals surface area contributed by atoms with Gasteiger partial charge in [-0.15, -0.1) is 12.4 Å². The molecule has 0 spiro atoms. The Kier molecular flexibility index (Phi) is 5.76. The van der Waals surface area contributed by atoms with E-state index in [4.69, 9.17) is 5.73 Å². The molecule has 0 aliphatic rings. The van der Waals surface area contributed by atoms with Crippen molar-refractivity contribution in [2.24, 2.45) is 11.7 Å². The van der Waals surface area contributed by atoms with Gasteiger partial charge in [-0.25, -0.2) is 0 Å². The summed E-state index contributed by atoms with van der Waals surface area (Å²) in [5, 5.41) is 0. The Hall–Kier alpha value is -0.530. The molecule has 1 aromatic rings. The van der Waals surface area contributed by atoms with Crippen molar-refractivity contribution in [2.75, 3.05) is 0 Å². The topological polar surface area (TPSA) is 26.0 Å². The summed E-state index contributed by atoms with van der Waals surface area (Å²) in [7, 11) is 0. The molecule has 1 aromatic carbocycles. The monoisotopic (exact) mass is 199 g/mol. The number of hydrogen-bond acceptors (Lipinski definition) is 1. The van der Waals surface area contributed by atoms with Crippen LogP contribution in [0.3, 0.4) is 0 Å². The molecule has 2 heteroatoms. The summed E-state index contributed by atoms with van der Waals surface area (Å²) in [5.74, 6) is 0.562. The maximum atomic E-state index is 5.78. The van der Waals surface area contributed by atoms with Gasteiger partial charge in [0, 0.05) is 6.04 Å². The average molecular weight is 200 g/mol. The summed E-state index contributed by atoms with van der Waals surface area (Å²) in [6.07, 6.45) is 1.08. The minimum absolute atomic E-state index is 0. The maximum absolute atomic E-state index is 5.78. The molecule has 0 amide bonds. The third-order valence-electron chi connectivity index (χ3n) is 2.30. The molecule has 0 heterocycles. The lowest BCUT2D eigenvalue weighted by molar-refractivity contribution is 0.482. The van der Waals surface area contributed by atoms with E-state index in [1.54, 1.807) is 0 Å². The fourth-order valence-electron chi connectivity index (χ4n) is 1.17. The van der Waals surface area contributed by atoms with E-state index >= 15 is 0 Å². The molecule has 0 fully saturated rings. The van der Waals surface area contributed by atoms with Gasteiger partial charge in [-0.05, 0) is 24.8 Å². The summed E-state index contributed by atoms with van der Waals surface area (Å²) >= 11 is 0. The molecule has 1 nitrogen and oxygen atoms in total. The van der Waals surface area contributed by atoms with Crippen molar-refractivity contribution in [3.8, 4) is 0 Å². The van der Waals surface area contributed by atoms with E-state index in [0.717, 1.165) is 6.42 Å². The van der Waals surface area contributed by atoms with E-state index in [1.807, 2.05) is 6.07 Å². The Morgan fingerprint density at radius 3 is 2.15 bits per heavy atom. The Balaban J connectivity index is 0.00000144. The van der Waals surface area contributed by atoms with Crippen molar-refractivity contribution in [3.63, 3.8) is 0 Å². The second kappa shape index (κ2) is 6.01. The molecule has 1 rings (SSSR count). The minimum atomic E-state index is 0. The predicted molar refractivity (Wildman–Crippen MR) is 60.2 cm³/mol. The van der Waals surface area contributed by atoms with Gasteiger partial charge in [-0.2, -0.15) is 0 Å². The normalized spacial score (nSPS) is 14.4. The van der Waals surface area contributed by atoms with Crippen LogP contribution in [-0.2, 0) is 6.42 Å². The van der Waals surface area contributed by atoms with Gasteiger partial charge in [0.25, 0.3) is 0 Å². The molecule has 0 saturated carbocycles. The third kappa shape index (κ3) is 4.30. The van der Waals surface area contributed by atoms with Crippen LogP contribution in [0.5, 0.6) is 0 Å². The number of hydrogen-bond donors (Lipinski definition) is 1. The van der Waals surface area contributed by atoms with Gasteiger partial charge >= 0.3 is 0 Å². The molecule has 0 saturated heterocycles. The number of nitrogens with two attached hydrogens (primary N) is 1. The molecule has 2 atom stereocenters. The van der Waals surface area contributed by atoms with Crippen molar-refractivity contribution in [3.05, 3.63) is 35.9 Å². The van der Waals surface area contributed by atoms with E-state index in [9.17, 15) is 0 Å². The van der Waals surface area contributed by atoms with E-state index < -0.39 is 0 Å². The van der Waals surface area contributed by atoms with E-state index in [1.165, 1.54) is 5.56 Å². The molecular formula is C11H18ClN. The van der Waals surface area contributed by atoms with Crippen molar-refractivity contribution >= 4 is 12.4 Å². The SMILES string of the molecule is CC(N)C(C)Cc1ccccc1.Cl. The predicted octanol–water partition coefficient (Wildman–Crippen LogP) is 2.63. The summed E-state index contributed by atoms with van der Waals surface area (Å²) < 4.78 is 0. The van der Waals surface area contributed by atoms with Crippen molar-refractivity contribution in [1.82, 2.24) is 0 Å². The van der Waals surface area contributed by atoms with Crippen molar-refractivity contribution in [2.45, 2.75) is 26.3 Å². The van der Waals surface area contributed by atoms with Crippen LogP contribution in [0.2, 0.25) is 0 Å². The first-order valence-corrected chi connectivity index (χ1v) is 4.49. The van der Waals surface area contributed by atoms with Gasteiger partial charge in [0.2, 0.25) is 0 Å². The summed E-state index contributed by atoms with van der Waals surface area (Å²) in [6, 6.07) is 10.8. The Bertz CT molecular complexity index is 221. The van der Waals surface area contributed by atoms with Crippen molar-refractivity contribution in [1.29, 1.82) is 0 Å². The fraction of sp³-hybridized carbons (Fsp3) is 0.455. The maximum Gasteiger partial charge on any atom is 0.00393 e. The molecule has 0 aromatic heterocycles. The van der Waals surface area contributed by atoms with Gasteiger partial charge in [-0.1, -0.05) is 37.3 Å². The first-order valence-electron chi connectivity index (χ1n) is 4.49. The zero-order valence-electron chi connectivity index (χ0n) is 8.23. The zero-order valence-corrected chi connectivity index (χ0v) is 9.05. The zero-order chi connectivity index (χ0) is 8.97. The highest BCUT2D eigenvalue weighted by atomic mass is 35.5. The van der Waals surface area contributed by atoms with Gasteiger partial charge in [-0.3, -0.25) is 0 Å². The highest BCUT2D eigenvalue weighted by molar-refractivity contribution is 5.85. The molecule has 0 bridgehead atoms. The number of halogens is 1. The standard InChI is InChI=1S/C11H17N.ClH/c1-9(10(2)12)8-11-6-4-3-5-7-11;/h3-7,9-10H,8,12H2,1-2H3;1H. The molecule has 0 aliphatic heterocycles. The smallest absolute Gasteiger partial charge is 0.00393 e. The van der Waals surface area contributed by atoms with Crippen LogP contribution in [0.1, 0.15) is 19.4 Å². The molecule has 2 unspecified atom stereocenters. The molecule has 0 radical (unpaired) electrons. The van der Waals surface area contributed by atoms with Crippen LogP contribution in [0, 0.1) is 5.92 Å². The number of rotatable bonds is 3. The quantitative estimate of drug-likeness (QED) is 0.796. The average Bonchev–Trinajstić information content (AvgIpc) is 2.06. The van der Waals surface area contributed by atoms with Gasteiger partial charge in [0.05, 0.1) is 0 Å².